The van der Waals surface area contributed by atoms with Crippen LogP contribution in [0.15, 0.2) is 48.5 Å². The Balaban J connectivity index is 2.09. The Morgan fingerprint density at radius 2 is 1.78 bits per heavy atom. The number of ether oxygens (including phenoxy) is 1. The lowest BCUT2D eigenvalue weighted by Gasteiger charge is -2.19. The Labute approximate surface area is 157 Å². The highest BCUT2D eigenvalue weighted by Gasteiger charge is 2.25. The van der Waals surface area contributed by atoms with Crippen LogP contribution in [0, 0.1) is 11.8 Å². The van der Waals surface area contributed by atoms with Crippen molar-refractivity contribution in [3.63, 3.8) is 0 Å². The summed E-state index contributed by atoms with van der Waals surface area (Å²) in [6.07, 6.45) is -1.11. The minimum Gasteiger partial charge on any atom is -0.497 e. The maximum Gasteiger partial charge on any atom is 0.251 e. The zero-order chi connectivity index (χ0) is 19.8. The second-order valence-corrected chi connectivity index (χ2v) is 5.88. The largest absolute Gasteiger partial charge is 0.497 e. The topological polar surface area (TPSA) is 95.9 Å². The first-order chi connectivity index (χ1) is 12.9. The highest BCUT2D eigenvalue weighted by atomic mass is 16.5. The number of ketones is 1. The summed E-state index contributed by atoms with van der Waals surface area (Å²) in [5, 5.41) is 20.9. The number of hydrogen-bond acceptors (Lipinski definition) is 5. The first-order valence-electron chi connectivity index (χ1n) is 8.33. The molecule has 2 aromatic rings. The molecule has 0 heterocycles. The van der Waals surface area contributed by atoms with Crippen LogP contribution >= 0.6 is 0 Å². The number of carbonyl (C=O) groups excluding carboxylic acids is 2. The zero-order valence-electron chi connectivity index (χ0n) is 15.1. The Hall–Kier alpha value is -3.14. The molecule has 6 nitrogen and oxygen atoms in total. The van der Waals surface area contributed by atoms with E-state index < -0.39 is 30.4 Å². The van der Waals surface area contributed by atoms with Gasteiger partial charge in [-0.05, 0) is 49.4 Å². The predicted octanol–water partition coefficient (Wildman–Crippen LogP) is 1.14. The number of Topliss-reactive ketones (excluding diaryl/α,β-unsaturated/α-hetero) is 1. The van der Waals surface area contributed by atoms with Gasteiger partial charge in [0.1, 0.15) is 18.4 Å². The predicted molar refractivity (Wildman–Crippen MR) is 100 cm³/mol. The summed E-state index contributed by atoms with van der Waals surface area (Å²) < 4.78 is 5.15. The molecule has 0 aliphatic carbocycles. The van der Waals surface area contributed by atoms with E-state index in [-0.39, 0.29) is 0 Å². The average molecular weight is 367 g/mol. The fourth-order valence-electron chi connectivity index (χ4n) is 2.34. The van der Waals surface area contributed by atoms with Crippen LogP contribution in [-0.2, 0) is 4.79 Å². The molecule has 1 amide bonds. The number of nitrogens with one attached hydrogen (secondary N) is 1. The molecule has 0 saturated heterocycles. The summed E-state index contributed by atoms with van der Waals surface area (Å²) in [7, 11) is 1.59. The molecule has 0 unspecified atom stereocenters. The van der Waals surface area contributed by atoms with Crippen molar-refractivity contribution in [3.05, 3.63) is 65.2 Å². The molecule has 3 N–H and O–H groups in total. The highest BCUT2D eigenvalue weighted by molar-refractivity contribution is 5.98. The maximum atomic E-state index is 12.2. The van der Waals surface area contributed by atoms with Gasteiger partial charge in [-0.2, -0.15) is 0 Å². The van der Waals surface area contributed by atoms with E-state index in [9.17, 15) is 14.7 Å². The Morgan fingerprint density at radius 3 is 2.37 bits per heavy atom. The van der Waals surface area contributed by atoms with E-state index in [0.717, 1.165) is 11.3 Å². The lowest BCUT2D eigenvalue weighted by Crippen LogP contribution is -2.48. The first kappa shape index (κ1) is 20.2. The van der Waals surface area contributed by atoms with Crippen molar-refractivity contribution in [3.8, 4) is 17.6 Å². The van der Waals surface area contributed by atoms with Crippen LogP contribution < -0.4 is 10.1 Å². The lowest BCUT2D eigenvalue weighted by molar-refractivity contribution is -0.125. The SMILES string of the molecule is COc1cccc(C#Cc2ccc(C(=O)N[C@H](C(=O)CO)[C@@H](C)O)cc2)c1. The quantitative estimate of drug-likeness (QED) is 0.666. The number of carbonyl (C=O) groups is 2. The van der Waals surface area contributed by atoms with Crippen molar-refractivity contribution in [2.24, 2.45) is 0 Å². The molecular formula is C21H21NO5. The Morgan fingerprint density at radius 1 is 1.11 bits per heavy atom. The smallest absolute Gasteiger partial charge is 0.251 e. The van der Waals surface area contributed by atoms with Gasteiger partial charge in [-0.25, -0.2) is 0 Å². The third kappa shape index (κ3) is 5.68. The maximum absolute atomic E-state index is 12.2. The number of benzene rings is 2. The number of rotatable bonds is 6. The second-order valence-electron chi connectivity index (χ2n) is 5.88. The zero-order valence-corrected chi connectivity index (χ0v) is 15.1. The number of aliphatic hydroxyl groups excluding tert-OH is 2. The molecule has 2 atom stereocenters. The summed E-state index contributed by atoms with van der Waals surface area (Å²) in [5.74, 6) is 5.57. The van der Waals surface area contributed by atoms with Gasteiger partial charge in [0.05, 0.1) is 13.2 Å². The standard InChI is InChI=1S/C21H21NO5/c1-14(24)20(19(25)13-23)22-21(26)17-10-8-15(9-11-17)6-7-16-4-3-5-18(12-16)27-2/h3-5,8-12,14,20,23-24H,13H2,1-2H3,(H,22,26)/t14-,20+/m1/s1. The molecule has 140 valence electrons. The van der Waals surface area contributed by atoms with Gasteiger partial charge in [0.15, 0.2) is 5.78 Å². The third-order valence-corrected chi connectivity index (χ3v) is 3.84. The van der Waals surface area contributed by atoms with Crippen LogP contribution in [0.25, 0.3) is 0 Å². The van der Waals surface area contributed by atoms with Gasteiger partial charge in [0.2, 0.25) is 0 Å². The van der Waals surface area contributed by atoms with Crippen LogP contribution in [0.3, 0.4) is 0 Å². The number of methoxy groups -OCH3 is 1. The molecule has 0 aliphatic rings. The minimum atomic E-state index is -1.16. The fourth-order valence-corrected chi connectivity index (χ4v) is 2.34. The lowest BCUT2D eigenvalue weighted by atomic mass is 10.1. The second kappa shape index (κ2) is 9.53. The molecule has 0 aliphatic heterocycles. The molecule has 0 bridgehead atoms. The van der Waals surface area contributed by atoms with E-state index in [4.69, 9.17) is 9.84 Å². The molecule has 0 fully saturated rings. The average Bonchev–Trinajstić information content (AvgIpc) is 2.70. The van der Waals surface area contributed by atoms with E-state index in [0.29, 0.717) is 11.1 Å². The van der Waals surface area contributed by atoms with Crippen molar-refractivity contribution in [2.75, 3.05) is 13.7 Å². The van der Waals surface area contributed by atoms with Gasteiger partial charge in [-0.1, -0.05) is 17.9 Å². The number of hydrogen-bond donors (Lipinski definition) is 3. The molecule has 0 saturated carbocycles. The van der Waals surface area contributed by atoms with Crippen molar-refractivity contribution in [2.45, 2.75) is 19.1 Å². The van der Waals surface area contributed by atoms with Crippen LogP contribution in [0.1, 0.15) is 28.4 Å². The van der Waals surface area contributed by atoms with Gasteiger partial charge < -0.3 is 20.3 Å². The van der Waals surface area contributed by atoms with E-state index in [1.165, 1.54) is 6.92 Å². The molecule has 27 heavy (non-hydrogen) atoms. The monoisotopic (exact) mass is 367 g/mol. The van der Waals surface area contributed by atoms with Crippen LogP contribution in [-0.4, -0.2) is 47.8 Å². The molecule has 0 radical (unpaired) electrons. The van der Waals surface area contributed by atoms with Crippen LogP contribution in [0.4, 0.5) is 0 Å². The first-order valence-corrected chi connectivity index (χ1v) is 8.33. The summed E-state index contributed by atoms with van der Waals surface area (Å²) in [6, 6.07) is 12.7. The summed E-state index contributed by atoms with van der Waals surface area (Å²) in [4.78, 5) is 23.8. The van der Waals surface area contributed by atoms with E-state index in [1.807, 2.05) is 24.3 Å². The van der Waals surface area contributed by atoms with E-state index in [1.54, 1.807) is 31.4 Å². The van der Waals surface area contributed by atoms with Gasteiger partial charge in [-0.15, -0.1) is 0 Å². The molecule has 0 aromatic heterocycles. The van der Waals surface area contributed by atoms with E-state index in [2.05, 4.69) is 17.2 Å². The van der Waals surface area contributed by atoms with Gasteiger partial charge in [-0.3, -0.25) is 9.59 Å². The van der Waals surface area contributed by atoms with Gasteiger partial charge >= 0.3 is 0 Å². The van der Waals surface area contributed by atoms with Crippen LogP contribution in [0.2, 0.25) is 0 Å². The highest BCUT2D eigenvalue weighted by Crippen LogP contribution is 2.12. The van der Waals surface area contributed by atoms with Crippen molar-refractivity contribution < 1.29 is 24.5 Å². The van der Waals surface area contributed by atoms with Gasteiger partial charge in [0, 0.05) is 16.7 Å². The minimum absolute atomic E-state index is 0.318. The molecular weight excluding hydrogens is 346 g/mol. The Kier molecular flexibility index (Phi) is 7.12. The molecule has 2 aromatic carbocycles. The van der Waals surface area contributed by atoms with Crippen molar-refractivity contribution in [1.82, 2.24) is 5.32 Å². The van der Waals surface area contributed by atoms with Crippen molar-refractivity contribution in [1.29, 1.82) is 0 Å². The molecule has 2 rings (SSSR count). The third-order valence-electron chi connectivity index (χ3n) is 3.84. The molecule has 6 heteroatoms. The summed E-state index contributed by atoms with van der Waals surface area (Å²) in [6.45, 7) is 0.615. The van der Waals surface area contributed by atoms with Crippen LogP contribution in [0.5, 0.6) is 5.75 Å². The summed E-state index contributed by atoms with van der Waals surface area (Å²) in [5.41, 5.74) is 1.84. The number of amides is 1. The van der Waals surface area contributed by atoms with Crippen molar-refractivity contribution >= 4 is 11.7 Å². The van der Waals surface area contributed by atoms with E-state index >= 15 is 0 Å². The Bertz CT molecular complexity index is 862. The normalized spacial score (nSPS) is 12.3. The number of aliphatic hydroxyl groups is 2. The van der Waals surface area contributed by atoms with Gasteiger partial charge in [0.25, 0.3) is 5.91 Å². The fraction of sp³-hybridized carbons (Fsp3) is 0.238. The summed E-state index contributed by atoms with van der Waals surface area (Å²) >= 11 is 0. The molecule has 0 spiro atoms.